The summed E-state index contributed by atoms with van der Waals surface area (Å²) in [6, 6.07) is 8.94. The van der Waals surface area contributed by atoms with Gasteiger partial charge in [0.15, 0.2) is 5.78 Å². The molecular weight excluding hydrogens is 531 g/mol. The average Bonchev–Trinajstić information content (AvgIpc) is 3.33. The lowest BCUT2D eigenvalue weighted by Gasteiger charge is -2.55. The number of nitrogens with zero attached hydrogens (tertiary/aromatic N) is 2. The molecule has 0 spiro atoms. The summed E-state index contributed by atoms with van der Waals surface area (Å²) in [4.78, 5) is 16.3. The number of methoxy groups -OCH3 is 1. The number of aliphatic hydroxyl groups excluding tert-OH is 1. The van der Waals surface area contributed by atoms with E-state index in [-0.39, 0.29) is 36.8 Å². The molecule has 6 nitrogen and oxygen atoms in total. The van der Waals surface area contributed by atoms with Crippen molar-refractivity contribution in [1.82, 2.24) is 0 Å². The second-order valence-corrected chi connectivity index (χ2v) is 13.1. The monoisotopic (exact) mass is 574 g/mol. The van der Waals surface area contributed by atoms with Crippen LogP contribution in [0, 0.1) is 34.5 Å². The van der Waals surface area contributed by atoms with Crippen LogP contribution in [-0.2, 0) is 9.53 Å². The molecule has 1 aromatic carbocycles. The fourth-order valence-electron chi connectivity index (χ4n) is 9.30. The molecule has 7 heteroatoms. The standard InChI is InChI=1S/C35H43FN2O4/c1-34-21-29(23-7-10-25(11-8-23)38-16-4-3-5-17-38)33-26-12-9-24(37-41)19-27(26)31(36)20-28(33)30(34)13-15-35(34,14-6-18-39)32(40)22-42-2/h7-8,10-11,19,28-31,39,41H,3-5,9,12-13,15-18,20-22H2,1-2H3/b37-24+/t28-,29+,30-,31?,34-,35+/m0/s1. The van der Waals surface area contributed by atoms with Crippen LogP contribution >= 0.6 is 0 Å². The molecule has 0 bridgehead atoms. The van der Waals surface area contributed by atoms with Crippen molar-refractivity contribution in [3.05, 3.63) is 52.6 Å². The van der Waals surface area contributed by atoms with E-state index in [1.165, 1.54) is 43.2 Å². The van der Waals surface area contributed by atoms with Gasteiger partial charge in [-0.3, -0.25) is 4.79 Å². The second kappa shape index (κ2) is 11.6. The molecular formula is C35H43FN2O4. The van der Waals surface area contributed by atoms with E-state index in [0.29, 0.717) is 37.0 Å². The maximum atomic E-state index is 16.1. The number of alkyl halides is 1. The van der Waals surface area contributed by atoms with Crippen molar-refractivity contribution in [3.8, 4) is 11.8 Å². The summed E-state index contributed by atoms with van der Waals surface area (Å²) in [5, 5.41) is 22.6. The maximum absolute atomic E-state index is 16.1. The Balaban J connectivity index is 1.49. The number of ketones is 1. The van der Waals surface area contributed by atoms with Crippen LogP contribution in [0.4, 0.5) is 10.1 Å². The van der Waals surface area contributed by atoms with Gasteiger partial charge in [-0.2, -0.15) is 0 Å². The molecule has 1 heterocycles. The van der Waals surface area contributed by atoms with Gasteiger partial charge >= 0.3 is 0 Å². The van der Waals surface area contributed by atoms with Crippen molar-refractivity contribution < 1.29 is 24.2 Å². The Morgan fingerprint density at radius 2 is 1.95 bits per heavy atom. The molecule has 0 radical (unpaired) electrons. The molecule has 2 saturated carbocycles. The Kier molecular flexibility index (Phi) is 8.06. The molecule has 1 unspecified atom stereocenters. The first-order valence-electron chi connectivity index (χ1n) is 15.6. The van der Waals surface area contributed by atoms with E-state index in [0.717, 1.165) is 31.5 Å². The van der Waals surface area contributed by atoms with Crippen molar-refractivity contribution >= 4 is 17.2 Å². The van der Waals surface area contributed by atoms with Crippen molar-refractivity contribution in [1.29, 1.82) is 0 Å². The van der Waals surface area contributed by atoms with Crippen LogP contribution in [0.25, 0.3) is 0 Å². The molecule has 1 aromatic rings. The SMILES string of the molecule is COCC(=O)[C@@]1(C#CCO)CC[C@H]2[C@@H]3CC(F)C4=C/C(=N/O)CCC4=C3[C@@H](c3ccc(N4CCCCC4)cc3)C[C@@]21C. The Morgan fingerprint density at radius 1 is 1.19 bits per heavy atom. The summed E-state index contributed by atoms with van der Waals surface area (Å²) >= 11 is 0. The first-order valence-corrected chi connectivity index (χ1v) is 15.6. The normalized spacial score (nSPS) is 35.1. The average molecular weight is 575 g/mol. The number of ether oxygens (including phenoxy) is 1. The van der Waals surface area contributed by atoms with Crippen LogP contribution in [0.3, 0.4) is 0 Å². The Morgan fingerprint density at radius 3 is 2.64 bits per heavy atom. The lowest BCUT2D eigenvalue weighted by Crippen LogP contribution is -2.52. The smallest absolute Gasteiger partial charge is 0.176 e. The highest BCUT2D eigenvalue weighted by atomic mass is 19.1. The van der Waals surface area contributed by atoms with Gasteiger partial charge in [-0.1, -0.05) is 41.6 Å². The first-order chi connectivity index (χ1) is 20.4. The molecule has 224 valence electrons. The number of Topliss-reactive ketones (excluding diaryl/α,β-unsaturated/α-hetero) is 1. The number of anilines is 1. The van der Waals surface area contributed by atoms with E-state index in [4.69, 9.17) is 4.74 Å². The molecule has 2 N–H and O–H groups in total. The topological polar surface area (TPSA) is 82.4 Å². The van der Waals surface area contributed by atoms with Gasteiger partial charge in [0.1, 0.15) is 19.4 Å². The number of allylic oxidation sites excluding steroid dienone is 4. The van der Waals surface area contributed by atoms with Gasteiger partial charge in [0.25, 0.3) is 0 Å². The summed E-state index contributed by atoms with van der Waals surface area (Å²) in [7, 11) is 1.53. The number of hydrogen-bond acceptors (Lipinski definition) is 6. The number of piperidine rings is 1. The van der Waals surface area contributed by atoms with Gasteiger partial charge in [-0.25, -0.2) is 4.39 Å². The number of oxime groups is 1. The number of halogens is 1. The van der Waals surface area contributed by atoms with E-state index < -0.39 is 17.0 Å². The fourth-order valence-corrected chi connectivity index (χ4v) is 9.30. The summed E-state index contributed by atoms with van der Waals surface area (Å²) < 4.78 is 21.4. The molecule has 0 aromatic heterocycles. The first kappa shape index (κ1) is 29.1. The van der Waals surface area contributed by atoms with Crippen LogP contribution in [0.1, 0.15) is 76.2 Å². The van der Waals surface area contributed by atoms with Gasteiger partial charge < -0.3 is 20.0 Å². The third-order valence-electron chi connectivity index (χ3n) is 11.2. The maximum Gasteiger partial charge on any atom is 0.176 e. The van der Waals surface area contributed by atoms with E-state index in [1.54, 1.807) is 6.08 Å². The third-order valence-corrected chi connectivity index (χ3v) is 11.2. The highest BCUT2D eigenvalue weighted by molar-refractivity contribution is 5.97. The summed E-state index contributed by atoms with van der Waals surface area (Å²) in [6.45, 7) is 4.01. The van der Waals surface area contributed by atoms with Gasteiger partial charge in [-0.15, -0.1) is 0 Å². The Labute approximate surface area is 248 Å². The predicted octanol–water partition coefficient (Wildman–Crippen LogP) is 5.98. The van der Waals surface area contributed by atoms with Crippen molar-refractivity contribution in [3.63, 3.8) is 0 Å². The molecule has 3 fully saturated rings. The molecule has 42 heavy (non-hydrogen) atoms. The summed E-state index contributed by atoms with van der Waals surface area (Å²) in [5.74, 6) is 6.17. The number of carbonyl (C=O) groups is 1. The van der Waals surface area contributed by atoms with Gasteiger partial charge in [0.2, 0.25) is 0 Å². The minimum atomic E-state index is -1.15. The molecule has 5 aliphatic rings. The number of fused-ring (bicyclic) bond motifs is 4. The second-order valence-electron chi connectivity index (χ2n) is 13.1. The summed E-state index contributed by atoms with van der Waals surface area (Å²) in [6.07, 6.45) is 8.00. The van der Waals surface area contributed by atoms with Crippen LogP contribution in [0.2, 0.25) is 0 Å². The minimum Gasteiger partial charge on any atom is -0.411 e. The zero-order chi connectivity index (χ0) is 29.5. The van der Waals surface area contributed by atoms with Gasteiger partial charge in [0.05, 0.1) is 11.1 Å². The summed E-state index contributed by atoms with van der Waals surface area (Å²) in [5.41, 5.74) is 4.55. The largest absolute Gasteiger partial charge is 0.411 e. The van der Waals surface area contributed by atoms with Crippen LogP contribution < -0.4 is 4.90 Å². The van der Waals surface area contributed by atoms with Crippen LogP contribution in [0.15, 0.2) is 52.2 Å². The van der Waals surface area contributed by atoms with Crippen molar-refractivity contribution in [2.75, 3.05) is 38.3 Å². The fraction of sp³-hybridized carbons (Fsp3) is 0.600. The molecule has 0 amide bonds. The van der Waals surface area contributed by atoms with E-state index in [9.17, 15) is 15.1 Å². The third kappa shape index (κ3) is 4.62. The van der Waals surface area contributed by atoms with E-state index in [1.807, 2.05) is 0 Å². The van der Waals surface area contributed by atoms with Gasteiger partial charge in [0, 0.05) is 31.8 Å². The molecule has 1 saturated heterocycles. The number of benzene rings is 1. The molecule has 6 rings (SSSR count). The number of rotatable bonds is 5. The van der Waals surface area contributed by atoms with Crippen molar-refractivity contribution in [2.45, 2.75) is 76.8 Å². The predicted molar refractivity (Wildman–Crippen MR) is 161 cm³/mol. The number of carbonyl (C=O) groups excluding carboxylic acids is 1. The quantitative estimate of drug-likeness (QED) is 0.257. The van der Waals surface area contributed by atoms with Crippen molar-refractivity contribution in [2.24, 2.45) is 27.8 Å². The highest BCUT2D eigenvalue weighted by Crippen LogP contribution is 2.69. The molecule has 4 aliphatic carbocycles. The zero-order valence-corrected chi connectivity index (χ0v) is 24.9. The van der Waals surface area contributed by atoms with Gasteiger partial charge in [-0.05, 0) is 110 Å². The van der Waals surface area contributed by atoms with E-state index in [2.05, 4.69) is 53.1 Å². The zero-order valence-electron chi connectivity index (χ0n) is 24.9. The lowest BCUT2D eigenvalue weighted by atomic mass is 9.48. The van der Waals surface area contributed by atoms with E-state index >= 15 is 4.39 Å². The number of aliphatic hydroxyl groups is 1. The molecule has 6 atom stereocenters. The Hall–Kier alpha value is -2.95. The number of hydrogen-bond donors (Lipinski definition) is 2. The van der Waals surface area contributed by atoms with Crippen LogP contribution in [0.5, 0.6) is 0 Å². The Bertz CT molecular complexity index is 1370. The minimum absolute atomic E-state index is 0.00826. The molecule has 1 aliphatic heterocycles. The van der Waals surface area contributed by atoms with Crippen LogP contribution in [-0.4, -0.2) is 61.4 Å². The lowest BCUT2D eigenvalue weighted by molar-refractivity contribution is -0.136. The highest BCUT2D eigenvalue weighted by Gasteiger charge is 2.66.